The molecule has 0 aliphatic heterocycles. The van der Waals surface area contributed by atoms with Crippen molar-refractivity contribution >= 4 is 0 Å². The molecule has 0 spiro atoms. The highest BCUT2D eigenvalue weighted by atomic mass is 16.3. The summed E-state index contributed by atoms with van der Waals surface area (Å²) in [4.78, 5) is 1.99. The largest absolute Gasteiger partial charge is 0.396 e. The standard InChI is InChI=1S/C7H16NO2/c1-8(5-7-10)4-2-3-6-9/h9H,2-7H2,1H3. The zero-order valence-corrected chi connectivity index (χ0v) is 6.55. The second kappa shape index (κ2) is 6.99. The first-order chi connectivity index (χ1) is 4.81. The zero-order valence-electron chi connectivity index (χ0n) is 6.55. The van der Waals surface area contributed by atoms with Gasteiger partial charge in [-0.15, -0.1) is 0 Å². The number of aliphatic hydroxyl groups excluding tert-OH is 1. The number of rotatable bonds is 6. The van der Waals surface area contributed by atoms with Crippen molar-refractivity contribution in [3.63, 3.8) is 0 Å². The Labute approximate surface area is 62.3 Å². The fourth-order valence-electron chi connectivity index (χ4n) is 0.761. The maximum atomic E-state index is 10.1. The number of nitrogens with zero attached hydrogens (tertiary/aromatic N) is 1. The second-order valence-electron chi connectivity index (χ2n) is 2.44. The van der Waals surface area contributed by atoms with Crippen LogP contribution in [-0.4, -0.2) is 43.4 Å². The van der Waals surface area contributed by atoms with Crippen LogP contribution < -0.4 is 0 Å². The van der Waals surface area contributed by atoms with Gasteiger partial charge in [0.25, 0.3) is 0 Å². The van der Waals surface area contributed by atoms with Crippen molar-refractivity contribution < 1.29 is 10.2 Å². The highest BCUT2D eigenvalue weighted by molar-refractivity contribution is 4.49. The highest BCUT2D eigenvalue weighted by Gasteiger charge is 1.95. The molecular weight excluding hydrogens is 130 g/mol. The summed E-state index contributed by atoms with van der Waals surface area (Å²) < 4.78 is 0. The summed E-state index contributed by atoms with van der Waals surface area (Å²) in [6.07, 6.45) is 1.82. The molecule has 0 aliphatic carbocycles. The van der Waals surface area contributed by atoms with Gasteiger partial charge in [0.2, 0.25) is 0 Å². The number of hydrogen-bond donors (Lipinski definition) is 1. The summed E-state index contributed by atoms with van der Waals surface area (Å²) in [6.45, 7) is 1.76. The van der Waals surface area contributed by atoms with E-state index < -0.39 is 0 Å². The molecule has 0 bridgehead atoms. The van der Waals surface area contributed by atoms with E-state index in [1.807, 2.05) is 11.9 Å². The van der Waals surface area contributed by atoms with E-state index in [1.54, 1.807) is 0 Å². The molecule has 3 heteroatoms. The van der Waals surface area contributed by atoms with Gasteiger partial charge in [0.1, 0.15) is 0 Å². The molecule has 3 nitrogen and oxygen atoms in total. The molecule has 61 valence electrons. The molecular formula is C7H16NO2. The van der Waals surface area contributed by atoms with Crippen LogP contribution in [-0.2, 0) is 5.11 Å². The maximum absolute atomic E-state index is 10.1. The highest BCUT2D eigenvalue weighted by Crippen LogP contribution is 1.90. The molecule has 0 fully saturated rings. The molecule has 0 unspecified atom stereocenters. The first kappa shape index (κ1) is 9.88. The van der Waals surface area contributed by atoms with Crippen LogP contribution in [0.25, 0.3) is 0 Å². The molecule has 0 aromatic carbocycles. The molecule has 0 rings (SSSR count). The van der Waals surface area contributed by atoms with Crippen LogP contribution in [0.1, 0.15) is 12.8 Å². The lowest BCUT2D eigenvalue weighted by Crippen LogP contribution is -2.22. The number of aliphatic hydroxyl groups is 1. The monoisotopic (exact) mass is 146 g/mol. The van der Waals surface area contributed by atoms with Crippen LogP contribution in [0.3, 0.4) is 0 Å². The second-order valence-corrected chi connectivity index (χ2v) is 2.44. The molecule has 0 atom stereocenters. The van der Waals surface area contributed by atoms with Crippen LogP contribution in [0.5, 0.6) is 0 Å². The van der Waals surface area contributed by atoms with Crippen molar-refractivity contribution in [2.75, 3.05) is 33.4 Å². The van der Waals surface area contributed by atoms with Crippen LogP contribution in [0.2, 0.25) is 0 Å². The summed E-state index contributed by atoms with van der Waals surface area (Å²) in [6, 6.07) is 0. The molecule has 0 aromatic heterocycles. The number of hydrogen-bond acceptors (Lipinski definition) is 2. The van der Waals surface area contributed by atoms with Crippen molar-refractivity contribution in [2.45, 2.75) is 12.8 Å². The number of likely N-dealkylation sites (N-methyl/N-ethyl adjacent to an activating group) is 1. The normalized spacial score (nSPS) is 10.8. The van der Waals surface area contributed by atoms with Gasteiger partial charge in [0.05, 0.1) is 6.61 Å². The Kier molecular flexibility index (Phi) is 6.91. The van der Waals surface area contributed by atoms with Crippen LogP contribution >= 0.6 is 0 Å². The topological polar surface area (TPSA) is 43.4 Å². The van der Waals surface area contributed by atoms with Gasteiger partial charge in [0.15, 0.2) is 0 Å². The first-order valence-corrected chi connectivity index (χ1v) is 3.68. The lowest BCUT2D eigenvalue weighted by Gasteiger charge is -2.12. The Morgan fingerprint density at radius 1 is 1.30 bits per heavy atom. The molecule has 0 heterocycles. The molecule has 0 amide bonds. The lowest BCUT2D eigenvalue weighted by molar-refractivity contribution is 0.151. The molecule has 1 N–H and O–H groups in total. The van der Waals surface area contributed by atoms with Gasteiger partial charge in [-0.1, -0.05) is 0 Å². The van der Waals surface area contributed by atoms with Gasteiger partial charge in [-0.2, -0.15) is 0 Å². The van der Waals surface area contributed by atoms with E-state index in [1.165, 1.54) is 0 Å². The minimum atomic E-state index is -0.0321. The van der Waals surface area contributed by atoms with Gasteiger partial charge in [0, 0.05) is 13.2 Å². The van der Waals surface area contributed by atoms with E-state index in [2.05, 4.69) is 0 Å². The van der Waals surface area contributed by atoms with Crippen molar-refractivity contribution in [3.8, 4) is 0 Å². The van der Waals surface area contributed by atoms with E-state index in [0.29, 0.717) is 6.54 Å². The summed E-state index contributed by atoms with van der Waals surface area (Å²) in [5, 5.41) is 18.5. The summed E-state index contributed by atoms with van der Waals surface area (Å²) in [5.74, 6) is 0. The van der Waals surface area contributed by atoms with Gasteiger partial charge in [-0.25, -0.2) is 5.11 Å². The Balaban J connectivity index is 2.97. The van der Waals surface area contributed by atoms with E-state index >= 15 is 0 Å². The lowest BCUT2D eigenvalue weighted by atomic mass is 10.3. The van der Waals surface area contributed by atoms with E-state index in [-0.39, 0.29) is 13.2 Å². The van der Waals surface area contributed by atoms with E-state index in [0.717, 1.165) is 19.4 Å². The smallest absolute Gasteiger partial charge is 0.0949 e. The quantitative estimate of drug-likeness (QED) is 0.541. The minimum absolute atomic E-state index is 0.0321. The molecule has 10 heavy (non-hydrogen) atoms. The molecule has 0 aliphatic rings. The number of unbranched alkanes of at least 4 members (excludes halogenated alkanes) is 1. The SMILES string of the molecule is CN(CC[O])CCCCO. The van der Waals surface area contributed by atoms with Gasteiger partial charge in [-0.3, -0.25) is 0 Å². The van der Waals surface area contributed by atoms with E-state index in [9.17, 15) is 5.11 Å². The van der Waals surface area contributed by atoms with Crippen LogP contribution in [0.15, 0.2) is 0 Å². The maximum Gasteiger partial charge on any atom is 0.0949 e. The summed E-state index contributed by atoms with van der Waals surface area (Å²) in [7, 11) is 1.93. The van der Waals surface area contributed by atoms with Crippen molar-refractivity contribution in [1.29, 1.82) is 0 Å². The van der Waals surface area contributed by atoms with E-state index in [4.69, 9.17) is 5.11 Å². The van der Waals surface area contributed by atoms with Crippen molar-refractivity contribution in [2.24, 2.45) is 0 Å². The Morgan fingerprint density at radius 2 is 2.00 bits per heavy atom. The molecule has 1 radical (unpaired) electrons. The van der Waals surface area contributed by atoms with Crippen molar-refractivity contribution in [1.82, 2.24) is 4.90 Å². The third-order valence-electron chi connectivity index (χ3n) is 1.42. The predicted octanol–water partition coefficient (Wildman–Crippen LogP) is 0.121. The first-order valence-electron chi connectivity index (χ1n) is 3.68. The summed E-state index contributed by atoms with van der Waals surface area (Å²) in [5.41, 5.74) is 0. The Morgan fingerprint density at radius 3 is 2.50 bits per heavy atom. The molecule has 0 aromatic rings. The third kappa shape index (κ3) is 6.01. The van der Waals surface area contributed by atoms with Gasteiger partial charge < -0.3 is 10.0 Å². The third-order valence-corrected chi connectivity index (χ3v) is 1.42. The predicted molar refractivity (Wildman–Crippen MR) is 39.4 cm³/mol. The molecule has 0 saturated carbocycles. The average Bonchev–Trinajstić information content (AvgIpc) is 1.89. The van der Waals surface area contributed by atoms with Crippen molar-refractivity contribution in [3.05, 3.63) is 0 Å². The average molecular weight is 146 g/mol. The van der Waals surface area contributed by atoms with Crippen LogP contribution in [0.4, 0.5) is 0 Å². The van der Waals surface area contributed by atoms with Gasteiger partial charge >= 0.3 is 0 Å². The fourth-order valence-corrected chi connectivity index (χ4v) is 0.761. The minimum Gasteiger partial charge on any atom is -0.396 e. The zero-order chi connectivity index (χ0) is 7.82. The summed E-state index contributed by atoms with van der Waals surface area (Å²) >= 11 is 0. The Bertz CT molecular complexity index is 68.6. The Hall–Kier alpha value is -0.120. The van der Waals surface area contributed by atoms with Crippen LogP contribution in [0, 0.1) is 0 Å². The molecule has 0 saturated heterocycles. The van der Waals surface area contributed by atoms with Gasteiger partial charge in [-0.05, 0) is 26.4 Å². The fraction of sp³-hybridized carbons (Fsp3) is 1.00.